The number of ether oxygens (including phenoxy) is 1. The molecule has 0 saturated heterocycles. The van der Waals surface area contributed by atoms with Crippen molar-refractivity contribution in [1.29, 1.82) is 0 Å². The van der Waals surface area contributed by atoms with Crippen molar-refractivity contribution < 1.29 is 19.7 Å². The summed E-state index contributed by atoms with van der Waals surface area (Å²) < 4.78 is 4.84. The lowest BCUT2D eigenvalue weighted by molar-refractivity contribution is -0.146. The van der Waals surface area contributed by atoms with Gasteiger partial charge < -0.3 is 14.9 Å². The van der Waals surface area contributed by atoms with E-state index < -0.39 is 0 Å². The molecule has 0 radical (unpaired) electrons. The number of aliphatic hydroxyl groups is 2. The zero-order valence-corrected chi connectivity index (χ0v) is 18.6. The van der Waals surface area contributed by atoms with Crippen molar-refractivity contribution in [2.75, 3.05) is 7.11 Å². The molecule has 0 aromatic rings. The predicted molar refractivity (Wildman–Crippen MR) is 113 cm³/mol. The highest BCUT2D eigenvalue weighted by Crippen LogP contribution is 2.67. The number of rotatable bonds is 4. The van der Waals surface area contributed by atoms with Gasteiger partial charge in [-0.3, -0.25) is 4.79 Å². The molecule has 0 aromatic heterocycles. The van der Waals surface area contributed by atoms with Gasteiger partial charge in [-0.15, -0.1) is 0 Å². The fourth-order valence-electron chi connectivity index (χ4n) is 8.18. The van der Waals surface area contributed by atoms with Crippen molar-refractivity contribution in [2.24, 2.45) is 46.3 Å². The Kier molecular flexibility index (Phi) is 5.65. The van der Waals surface area contributed by atoms with Gasteiger partial charge in [0.15, 0.2) is 0 Å². The molecule has 4 aliphatic rings. The standard InChI is InChI=1S/C25H40O4/c1-15(5-10-23(28)29-4)19-8-9-20-18-7-6-16-13-17(26)11-12-24(16,2)21(18)14-22(27)25(19,20)3/h6-7,15-22,26-27H,5,8-14H2,1-4H3/t15-,16-,17-,18+,19-,20+,21+,22+,24+,25-/m1/s1. The van der Waals surface area contributed by atoms with E-state index in [9.17, 15) is 15.0 Å². The summed E-state index contributed by atoms with van der Waals surface area (Å²) in [4.78, 5) is 11.6. The minimum absolute atomic E-state index is 0.0710. The van der Waals surface area contributed by atoms with Crippen LogP contribution in [0.1, 0.15) is 72.1 Å². The van der Waals surface area contributed by atoms with E-state index in [2.05, 4.69) is 32.9 Å². The van der Waals surface area contributed by atoms with Crippen LogP contribution in [0.15, 0.2) is 12.2 Å². The summed E-state index contributed by atoms with van der Waals surface area (Å²) in [6.45, 7) is 7.01. The average Bonchev–Trinajstić information content (AvgIpc) is 3.06. The molecule has 0 amide bonds. The largest absolute Gasteiger partial charge is 0.469 e. The van der Waals surface area contributed by atoms with Gasteiger partial charge in [-0.05, 0) is 91.3 Å². The maximum atomic E-state index is 11.6. The third-order valence-electron chi connectivity index (χ3n) is 10.0. The molecule has 3 saturated carbocycles. The molecule has 4 aliphatic carbocycles. The molecule has 2 N–H and O–H groups in total. The van der Waals surface area contributed by atoms with E-state index in [-0.39, 0.29) is 29.0 Å². The zero-order valence-electron chi connectivity index (χ0n) is 18.6. The highest BCUT2D eigenvalue weighted by atomic mass is 16.5. The predicted octanol–water partition coefficient (Wildman–Crippen LogP) is 4.34. The van der Waals surface area contributed by atoms with Crippen molar-refractivity contribution in [3.05, 3.63) is 12.2 Å². The Morgan fingerprint density at radius 3 is 2.62 bits per heavy atom. The maximum Gasteiger partial charge on any atom is 0.305 e. The van der Waals surface area contributed by atoms with Gasteiger partial charge in [0.25, 0.3) is 0 Å². The van der Waals surface area contributed by atoms with Crippen LogP contribution in [0.5, 0.6) is 0 Å². The first-order chi connectivity index (χ1) is 13.7. The second-order valence-electron chi connectivity index (χ2n) is 11.1. The number of esters is 1. The summed E-state index contributed by atoms with van der Waals surface area (Å²) in [7, 11) is 1.46. The molecule has 4 nitrogen and oxygen atoms in total. The maximum absolute atomic E-state index is 11.6. The SMILES string of the molecule is COC(=O)CC[C@@H](C)[C@H]1CC[C@H]2[C@@H]3C=C[C@@H]4C[C@H](O)CC[C@]4(C)[C@H]3C[C@H](O)[C@]12C. The summed E-state index contributed by atoms with van der Waals surface area (Å²) >= 11 is 0. The minimum Gasteiger partial charge on any atom is -0.469 e. The fourth-order valence-corrected chi connectivity index (χ4v) is 8.18. The van der Waals surface area contributed by atoms with Crippen LogP contribution in [-0.2, 0) is 9.53 Å². The molecule has 4 heteroatoms. The summed E-state index contributed by atoms with van der Waals surface area (Å²) in [5.74, 6) is 2.76. The molecule has 3 fully saturated rings. The second-order valence-corrected chi connectivity index (χ2v) is 11.1. The number of aliphatic hydroxyl groups excluding tert-OH is 2. The van der Waals surface area contributed by atoms with Crippen molar-refractivity contribution >= 4 is 5.97 Å². The van der Waals surface area contributed by atoms with Crippen LogP contribution in [0.25, 0.3) is 0 Å². The molecule has 164 valence electrons. The summed E-state index contributed by atoms with van der Waals surface area (Å²) in [6, 6.07) is 0. The first-order valence-corrected chi connectivity index (χ1v) is 11.8. The molecule has 0 aliphatic heterocycles. The van der Waals surface area contributed by atoms with Gasteiger partial charge in [0.05, 0.1) is 19.3 Å². The van der Waals surface area contributed by atoms with Crippen LogP contribution in [-0.4, -0.2) is 35.5 Å². The Balaban J connectivity index is 1.57. The van der Waals surface area contributed by atoms with Crippen LogP contribution in [0.3, 0.4) is 0 Å². The number of hydrogen-bond acceptors (Lipinski definition) is 4. The Morgan fingerprint density at radius 1 is 1.14 bits per heavy atom. The molecule has 0 aromatic carbocycles. The molecule has 4 rings (SSSR count). The Hall–Kier alpha value is -0.870. The van der Waals surface area contributed by atoms with E-state index in [0.717, 1.165) is 38.5 Å². The van der Waals surface area contributed by atoms with E-state index in [1.807, 2.05) is 0 Å². The van der Waals surface area contributed by atoms with Gasteiger partial charge in [-0.1, -0.05) is 32.9 Å². The molecule has 0 spiro atoms. The van der Waals surface area contributed by atoms with E-state index in [0.29, 0.717) is 41.9 Å². The quantitative estimate of drug-likeness (QED) is 0.540. The molecular formula is C25H40O4. The number of allylic oxidation sites excluding steroid dienone is 2. The van der Waals surface area contributed by atoms with E-state index in [1.165, 1.54) is 13.5 Å². The average molecular weight is 405 g/mol. The van der Waals surface area contributed by atoms with Crippen molar-refractivity contribution in [1.82, 2.24) is 0 Å². The lowest BCUT2D eigenvalue weighted by Crippen LogP contribution is -2.57. The van der Waals surface area contributed by atoms with Crippen LogP contribution in [0, 0.1) is 46.3 Å². The third kappa shape index (κ3) is 3.29. The summed E-state index contributed by atoms with van der Waals surface area (Å²) in [6.07, 6.45) is 11.8. The number of hydrogen-bond donors (Lipinski definition) is 2. The number of methoxy groups -OCH3 is 1. The monoisotopic (exact) mass is 404 g/mol. The normalized spacial score (nSPS) is 49.7. The lowest BCUT2D eigenvalue weighted by Gasteiger charge is -2.60. The number of carbonyl (C=O) groups excluding carboxylic acids is 1. The third-order valence-corrected chi connectivity index (χ3v) is 10.0. The van der Waals surface area contributed by atoms with Gasteiger partial charge in [0, 0.05) is 6.42 Å². The summed E-state index contributed by atoms with van der Waals surface area (Å²) in [5.41, 5.74) is 0.133. The van der Waals surface area contributed by atoms with Crippen LogP contribution < -0.4 is 0 Å². The minimum atomic E-state index is -0.280. The van der Waals surface area contributed by atoms with E-state index >= 15 is 0 Å². The van der Waals surface area contributed by atoms with Gasteiger partial charge >= 0.3 is 5.97 Å². The van der Waals surface area contributed by atoms with E-state index in [4.69, 9.17) is 4.74 Å². The molecular weight excluding hydrogens is 364 g/mol. The van der Waals surface area contributed by atoms with Crippen LogP contribution in [0.2, 0.25) is 0 Å². The molecule has 29 heavy (non-hydrogen) atoms. The first-order valence-electron chi connectivity index (χ1n) is 11.8. The molecule has 0 unspecified atom stereocenters. The van der Waals surface area contributed by atoms with Crippen LogP contribution >= 0.6 is 0 Å². The highest BCUT2D eigenvalue weighted by molar-refractivity contribution is 5.69. The highest BCUT2D eigenvalue weighted by Gasteiger charge is 2.62. The summed E-state index contributed by atoms with van der Waals surface area (Å²) in [5, 5.41) is 21.7. The van der Waals surface area contributed by atoms with Crippen LogP contribution in [0.4, 0.5) is 0 Å². The molecule has 0 bridgehead atoms. The first kappa shape index (κ1) is 21.4. The second kappa shape index (κ2) is 7.67. The Bertz CT molecular complexity index is 659. The molecule has 10 atom stereocenters. The van der Waals surface area contributed by atoms with Gasteiger partial charge in [-0.2, -0.15) is 0 Å². The van der Waals surface area contributed by atoms with E-state index in [1.54, 1.807) is 0 Å². The van der Waals surface area contributed by atoms with Crippen molar-refractivity contribution in [2.45, 2.75) is 84.3 Å². The molecule has 0 heterocycles. The van der Waals surface area contributed by atoms with Crippen molar-refractivity contribution in [3.8, 4) is 0 Å². The smallest absolute Gasteiger partial charge is 0.305 e. The van der Waals surface area contributed by atoms with Gasteiger partial charge in [-0.25, -0.2) is 0 Å². The topological polar surface area (TPSA) is 66.8 Å². The van der Waals surface area contributed by atoms with Gasteiger partial charge in [0.2, 0.25) is 0 Å². The number of fused-ring (bicyclic) bond motifs is 5. The zero-order chi connectivity index (χ0) is 21.0. The lowest BCUT2D eigenvalue weighted by atomic mass is 9.45. The Morgan fingerprint density at radius 2 is 1.90 bits per heavy atom. The van der Waals surface area contributed by atoms with Gasteiger partial charge in [0.1, 0.15) is 0 Å². The van der Waals surface area contributed by atoms with Crippen molar-refractivity contribution in [3.63, 3.8) is 0 Å². The Labute approximate surface area is 176 Å². The fraction of sp³-hybridized carbons (Fsp3) is 0.880. The number of carbonyl (C=O) groups is 1.